The Balaban J connectivity index is 1.70. The van der Waals surface area contributed by atoms with E-state index in [-0.39, 0.29) is 0 Å². The van der Waals surface area contributed by atoms with Gasteiger partial charge in [-0.15, -0.1) is 0 Å². The first kappa shape index (κ1) is 21.7. The molecule has 0 aliphatic rings. The molecule has 7 heteroatoms. The predicted octanol–water partition coefficient (Wildman–Crippen LogP) is 2.07. The van der Waals surface area contributed by atoms with Gasteiger partial charge in [0.1, 0.15) is 11.8 Å². The number of amides is 2. The Morgan fingerprint density at radius 2 is 1.72 bits per heavy atom. The van der Waals surface area contributed by atoms with Crippen LogP contribution in [0.25, 0.3) is 6.08 Å². The highest BCUT2D eigenvalue weighted by Crippen LogP contribution is 2.12. The normalized spacial score (nSPS) is 11.5. The summed E-state index contributed by atoms with van der Waals surface area (Å²) in [6, 6.07) is 15.7. The molecule has 2 aromatic carbocycles. The maximum absolute atomic E-state index is 11.9. The van der Waals surface area contributed by atoms with Gasteiger partial charge >= 0.3 is 5.97 Å². The molecule has 0 spiro atoms. The number of carbonyl (C=O) groups excluding carboxylic acids is 3. The number of hydrogen-bond donors (Lipinski definition) is 2. The highest BCUT2D eigenvalue weighted by molar-refractivity contribution is 5.94. The van der Waals surface area contributed by atoms with Crippen molar-refractivity contribution in [3.8, 4) is 5.75 Å². The molecule has 0 radical (unpaired) electrons. The topological polar surface area (TPSA) is 93.7 Å². The fourth-order valence-electron chi connectivity index (χ4n) is 2.32. The van der Waals surface area contributed by atoms with Crippen molar-refractivity contribution in [1.82, 2.24) is 10.6 Å². The van der Waals surface area contributed by atoms with E-state index in [1.807, 2.05) is 30.3 Å². The second-order valence-corrected chi connectivity index (χ2v) is 6.21. The molecule has 0 saturated carbocycles. The minimum atomic E-state index is -0.884. The largest absolute Gasteiger partial charge is 0.497 e. The lowest BCUT2D eigenvalue weighted by Gasteiger charge is -2.12. The van der Waals surface area contributed by atoms with Gasteiger partial charge in [-0.1, -0.05) is 42.5 Å². The minimum absolute atomic E-state index is 0.347. The fourth-order valence-corrected chi connectivity index (χ4v) is 2.32. The summed E-state index contributed by atoms with van der Waals surface area (Å²) in [5.41, 5.74) is 1.75. The summed E-state index contributed by atoms with van der Waals surface area (Å²) in [4.78, 5) is 35.7. The van der Waals surface area contributed by atoms with Gasteiger partial charge in [-0.25, -0.2) is 4.79 Å². The maximum Gasteiger partial charge on any atom is 0.328 e. The molecular formula is C22H24N2O5. The van der Waals surface area contributed by atoms with Gasteiger partial charge in [-0.2, -0.15) is 0 Å². The smallest absolute Gasteiger partial charge is 0.328 e. The third kappa shape index (κ3) is 7.88. The first-order chi connectivity index (χ1) is 14.0. The van der Waals surface area contributed by atoms with Crippen molar-refractivity contribution < 1.29 is 23.9 Å². The minimum Gasteiger partial charge on any atom is -0.497 e. The van der Waals surface area contributed by atoms with Crippen LogP contribution in [0.1, 0.15) is 18.1 Å². The van der Waals surface area contributed by atoms with Crippen LogP contribution in [0.2, 0.25) is 0 Å². The molecule has 2 rings (SSSR count). The standard InChI is InChI=1S/C22H24N2O5/c1-16(24-20(25)13-10-17-8-11-19(28-2)12-9-17)22(27)29-15-21(26)23-14-18-6-4-3-5-7-18/h3-13,16H,14-15H2,1-2H3,(H,23,26)(H,24,25)/b13-10+/t16-/m0/s1. The van der Waals surface area contributed by atoms with Crippen molar-refractivity contribution in [2.75, 3.05) is 13.7 Å². The molecule has 0 bridgehead atoms. The molecule has 152 valence electrons. The second kappa shape index (κ2) is 11.3. The average Bonchev–Trinajstić information content (AvgIpc) is 2.75. The van der Waals surface area contributed by atoms with Gasteiger partial charge in [0.15, 0.2) is 6.61 Å². The van der Waals surface area contributed by atoms with Crippen LogP contribution in [0.4, 0.5) is 0 Å². The number of esters is 1. The van der Waals surface area contributed by atoms with Crippen LogP contribution >= 0.6 is 0 Å². The van der Waals surface area contributed by atoms with Crippen molar-refractivity contribution >= 4 is 23.9 Å². The zero-order valence-corrected chi connectivity index (χ0v) is 16.4. The van der Waals surface area contributed by atoms with E-state index in [0.717, 1.165) is 16.9 Å². The lowest BCUT2D eigenvalue weighted by Crippen LogP contribution is -2.40. The molecular weight excluding hydrogens is 372 g/mol. The summed E-state index contributed by atoms with van der Waals surface area (Å²) < 4.78 is 10.0. The Morgan fingerprint density at radius 3 is 2.38 bits per heavy atom. The van der Waals surface area contributed by atoms with Gasteiger partial charge in [0.25, 0.3) is 5.91 Å². The monoisotopic (exact) mass is 396 g/mol. The van der Waals surface area contributed by atoms with Crippen molar-refractivity contribution in [1.29, 1.82) is 0 Å². The molecule has 0 heterocycles. The Bertz CT molecular complexity index is 847. The highest BCUT2D eigenvalue weighted by atomic mass is 16.5. The molecule has 0 aliphatic heterocycles. The van der Waals surface area contributed by atoms with E-state index in [1.54, 1.807) is 37.5 Å². The number of nitrogens with one attached hydrogen (secondary N) is 2. The lowest BCUT2D eigenvalue weighted by atomic mass is 10.2. The third-order valence-corrected chi connectivity index (χ3v) is 3.93. The van der Waals surface area contributed by atoms with Gasteiger partial charge in [0.05, 0.1) is 7.11 Å². The van der Waals surface area contributed by atoms with Crippen molar-refractivity contribution in [2.24, 2.45) is 0 Å². The lowest BCUT2D eigenvalue weighted by molar-refractivity contribution is -0.151. The van der Waals surface area contributed by atoms with E-state index >= 15 is 0 Å². The summed E-state index contributed by atoms with van der Waals surface area (Å²) in [7, 11) is 1.58. The van der Waals surface area contributed by atoms with E-state index < -0.39 is 30.4 Å². The number of methoxy groups -OCH3 is 1. The summed E-state index contributed by atoms with van der Waals surface area (Å²) >= 11 is 0. The maximum atomic E-state index is 11.9. The van der Waals surface area contributed by atoms with E-state index in [2.05, 4.69) is 10.6 Å². The number of carbonyl (C=O) groups is 3. The van der Waals surface area contributed by atoms with Crippen molar-refractivity contribution in [3.05, 3.63) is 71.8 Å². The predicted molar refractivity (Wildman–Crippen MR) is 109 cm³/mol. The van der Waals surface area contributed by atoms with E-state index in [0.29, 0.717) is 6.54 Å². The van der Waals surface area contributed by atoms with Gasteiger partial charge in [0.2, 0.25) is 5.91 Å². The van der Waals surface area contributed by atoms with E-state index in [4.69, 9.17) is 9.47 Å². The molecule has 29 heavy (non-hydrogen) atoms. The molecule has 2 amide bonds. The molecule has 0 fully saturated rings. The quantitative estimate of drug-likeness (QED) is 0.500. The van der Waals surface area contributed by atoms with Crippen LogP contribution in [0, 0.1) is 0 Å². The Labute approximate surface area is 169 Å². The number of ether oxygens (including phenoxy) is 2. The zero-order chi connectivity index (χ0) is 21.1. The highest BCUT2D eigenvalue weighted by Gasteiger charge is 2.17. The van der Waals surface area contributed by atoms with Crippen LogP contribution in [0.5, 0.6) is 5.75 Å². The molecule has 0 saturated heterocycles. The van der Waals surface area contributed by atoms with E-state index in [9.17, 15) is 14.4 Å². The SMILES string of the molecule is COc1ccc(/C=C/C(=O)N[C@@H](C)C(=O)OCC(=O)NCc2ccccc2)cc1. The first-order valence-electron chi connectivity index (χ1n) is 9.08. The Hall–Kier alpha value is -3.61. The second-order valence-electron chi connectivity index (χ2n) is 6.21. The van der Waals surface area contributed by atoms with Crippen LogP contribution < -0.4 is 15.4 Å². The molecule has 2 N–H and O–H groups in total. The van der Waals surface area contributed by atoms with Crippen molar-refractivity contribution in [2.45, 2.75) is 19.5 Å². The Morgan fingerprint density at radius 1 is 1.03 bits per heavy atom. The summed E-state index contributed by atoms with van der Waals surface area (Å²) in [6.45, 7) is 1.43. The van der Waals surface area contributed by atoms with E-state index in [1.165, 1.54) is 13.0 Å². The van der Waals surface area contributed by atoms with Gasteiger partial charge in [-0.05, 0) is 36.3 Å². The number of rotatable bonds is 9. The summed E-state index contributed by atoms with van der Waals surface area (Å²) in [5, 5.41) is 5.15. The summed E-state index contributed by atoms with van der Waals surface area (Å²) in [5.74, 6) is -0.833. The number of benzene rings is 2. The van der Waals surface area contributed by atoms with Crippen LogP contribution in [0.3, 0.4) is 0 Å². The molecule has 0 aliphatic carbocycles. The van der Waals surface area contributed by atoms with Gasteiger partial charge < -0.3 is 20.1 Å². The first-order valence-corrected chi connectivity index (χ1v) is 9.08. The molecule has 2 aromatic rings. The molecule has 7 nitrogen and oxygen atoms in total. The van der Waals surface area contributed by atoms with Crippen LogP contribution in [-0.4, -0.2) is 37.5 Å². The number of hydrogen-bond acceptors (Lipinski definition) is 5. The molecule has 0 aromatic heterocycles. The fraction of sp³-hybridized carbons (Fsp3) is 0.227. The van der Waals surface area contributed by atoms with Crippen LogP contribution in [-0.2, 0) is 25.7 Å². The van der Waals surface area contributed by atoms with Crippen LogP contribution in [0.15, 0.2) is 60.7 Å². The molecule has 0 unspecified atom stereocenters. The average molecular weight is 396 g/mol. The summed E-state index contributed by atoms with van der Waals surface area (Å²) in [6.07, 6.45) is 2.93. The van der Waals surface area contributed by atoms with Crippen molar-refractivity contribution in [3.63, 3.8) is 0 Å². The molecule has 1 atom stereocenters. The van der Waals surface area contributed by atoms with Gasteiger partial charge in [0, 0.05) is 12.6 Å². The zero-order valence-electron chi connectivity index (χ0n) is 16.4. The Kier molecular flexibility index (Phi) is 8.44. The van der Waals surface area contributed by atoms with Gasteiger partial charge in [-0.3, -0.25) is 9.59 Å². The third-order valence-electron chi connectivity index (χ3n) is 3.93.